The van der Waals surface area contributed by atoms with Crippen LogP contribution in [0.1, 0.15) is 112 Å². The molecule has 4 aromatic rings. The molecule has 0 aliphatic heterocycles. The van der Waals surface area contributed by atoms with Gasteiger partial charge in [0.2, 0.25) is 0 Å². The molecule has 8 heteroatoms. The molecule has 1 aromatic heterocycles. The van der Waals surface area contributed by atoms with Gasteiger partial charge < -0.3 is 25.2 Å². The summed E-state index contributed by atoms with van der Waals surface area (Å²) in [5, 5.41) is 18.3. The molecular formula is C48H60ClN3O4. The number of benzene rings is 3. The second-order valence-electron chi connectivity index (χ2n) is 17.1. The molecule has 0 saturated heterocycles. The van der Waals surface area contributed by atoms with Gasteiger partial charge in [-0.25, -0.2) is 4.79 Å². The normalized spacial score (nSPS) is 23.9. The van der Waals surface area contributed by atoms with Crippen LogP contribution in [0.3, 0.4) is 0 Å². The number of carboxylic acids is 1. The molecule has 298 valence electrons. The maximum Gasteiger partial charge on any atom is 0.329 e. The van der Waals surface area contributed by atoms with Crippen molar-refractivity contribution in [1.82, 2.24) is 10.3 Å². The number of nitrogens with zero attached hydrogens (tertiary/aromatic N) is 1. The molecule has 4 atom stereocenters. The van der Waals surface area contributed by atoms with Crippen LogP contribution in [0.15, 0.2) is 85.1 Å². The van der Waals surface area contributed by atoms with E-state index in [0.29, 0.717) is 42.2 Å². The Labute approximate surface area is 339 Å². The van der Waals surface area contributed by atoms with Crippen molar-refractivity contribution < 1.29 is 19.4 Å². The number of aryl methyl sites for hydroxylation is 2. The van der Waals surface area contributed by atoms with E-state index >= 15 is 0 Å². The Morgan fingerprint density at radius 3 is 2.61 bits per heavy atom. The number of ether oxygens (including phenoxy) is 2. The van der Waals surface area contributed by atoms with Crippen LogP contribution in [0.2, 0.25) is 5.02 Å². The van der Waals surface area contributed by atoms with Gasteiger partial charge in [0.25, 0.3) is 0 Å². The highest BCUT2D eigenvalue weighted by Crippen LogP contribution is 2.57. The summed E-state index contributed by atoms with van der Waals surface area (Å²) in [6.07, 6.45) is 13.3. The van der Waals surface area contributed by atoms with Crippen LogP contribution in [0.5, 0.6) is 11.5 Å². The quantitative estimate of drug-likeness (QED) is 0.0920. The lowest BCUT2D eigenvalue weighted by molar-refractivity contribution is -0.144. The third-order valence-electron chi connectivity index (χ3n) is 12.9. The molecule has 3 aliphatic rings. The van der Waals surface area contributed by atoms with Crippen LogP contribution in [0.25, 0.3) is 0 Å². The Kier molecular flexibility index (Phi) is 12.9. The van der Waals surface area contributed by atoms with Crippen LogP contribution in [-0.4, -0.2) is 47.4 Å². The van der Waals surface area contributed by atoms with Gasteiger partial charge in [0.1, 0.15) is 23.1 Å². The number of halogens is 1. The van der Waals surface area contributed by atoms with Crippen molar-refractivity contribution in [2.75, 3.05) is 25.0 Å². The molecule has 3 N–H and O–H groups in total. The van der Waals surface area contributed by atoms with Gasteiger partial charge >= 0.3 is 5.97 Å². The fourth-order valence-electron chi connectivity index (χ4n) is 9.95. The SMILES string of the molecule is C[C@@H](COc1ccnc2c1[C@H](C)CCC2)CC1Cc2ccc(O[C@@H](C)CNCCCCc3ccccc3)cc2C12CCC(Nc1cccc(Cl)c1)(C(=O)O)CC2. The average molecular weight is 778 g/mol. The van der Waals surface area contributed by atoms with Gasteiger partial charge in [-0.05, 0) is 167 Å². The minimum absolute atomic E-state index is 0.0158. The second-order valence-corrected chi connectivity index (χ2v) is 17.5. The van der Waals surface area contributed by atoms with Crippen LogP contribution < -0.4 is 20.1 Å². The lowest BCUT2D eigenvalue weighted by atomic mass is 9.59. The summed E-state index contributed by atoms with van der Waals surface area (Å²) in [4.78, 5) is 17.7. The van der Waals surface area contributed by atoms with Crippen molar-refractivity contribution in [2.45, 2.75) is 121 Å². The fourth-order valence-corrected chi connectivity index (χ4v) is 10.1. The number of hydrogen-bond acceptors (Lipinski definition) is 6. The first-order valence-corrected chi connectivity index (χ1v) is 21.4. The number of rotatable bonds is 17. The summed E-state index contributed by atoms with van der Waals surface area (Å²) < 4.78 is 13.2. The summed E-state index contributed by atoms with van der Waals surface area (Å²) in [6, 6.07) is 26.8. The average Bonchev–Trinajstić information content (AvgIpc) is 3.47. The van der Waals surface area contributed by atoms with Crippen molar-refractivity contribution in [3.8, 4) is 11.5 Å². The summed E-state index contributed by atoms with van der Waals surface area (Å²) in [5.41, 5.74) is 6.11. The summed E-state index contributed by atoms with van der Waals surface area (Å²) in [6.45, 7) is 9.13. The number of pyridine rings is 1. The van der Waals surface area contributed by atoms with E-state index in [2.05, 4.69) is 84.9 Å². The van der Waals surface area contributed by atoms with E-state index in [0.717, 1.165) is 81.6 Å². The standard InChI is InChI=1S/C48H60ClN3O4/c1-33(32-55-44-20-26-51-43-17-9-11-34(2)45(43)44)27-38-28-37-18-19-41(56-35(3)31-50-25-8-7-14-36-12-5-4-6-13-36)30-42(37)47(38)21-23-48(24-22-47,46(53)54)52-40-16-10-15-39(49)29-40/h4-6,10,12-13,15-16,18-20,26,29-30,33-35,38,50,52H,7-9,11,14,17,21-25,27-28,31-32H2,1-3H3,(H,53,54)/t33-,34-,35+,38?,47?,48?/m1/s1. The molecule has 0 bridgehead atoms. The zero-order chi connectivity index (χ0) is 39.1. The molecule has 1 saturated carbocycles. The molecule has 3 aromatic carbocycles. The van der Waals surface area contributed by atoms with Gasteiger partial charge in [-0.2, -0.15) is 0 Å². The van der Waals surface area contributed by atoms with Gasteiger partial charge in [-0.3, -0.25) is 4.98 Å². The number of fused-ring (bicyclic) bond motifs is 3. The van der Waals surface area contributed by atoms with Gasteiger partial charge in [0.15, 0.2) is 0 Å². The number of aromatic nitrogens is 1. The van der Waals surface area contributed by atoms with Gasteiger partial charge in [-0.1, -0.05) is 67.9 Å². The van der Waals surface area contributed by atoms with Crippen molar-refractivity contribution in [1.29, 1.82) is 0 Å². The molecule has 56 heavy (non-hydrogen) atoms. The molecule has 7 rings (SSSR count). The Morgan fingerprint density at radius 1 is 1.00 bits per heavy atom. The Hall–Kier alpha value is -4.07. The molecule has 3 aliphatic carbocycles. The molecule has 1 unspecified atom stereocenters. The van der Waals surface area contributed by atoms with Crippen molar-refractivity contribution in [3.05, 3.63) is 118 Å². The lowest BCUT2D eigenvalue weighted by Gasteiger charge is -2.47. The van der Waals surface area contributed by atoms with E-state index in [1.807, 2.05) is 36.5 Å². The highest BCUT2D eigenvalue weighted by Gasteiger charge is 2.54. The van der Waals surface area contributed by atoms with Crippen molar-refractivity contribution in [2.24, 2.45) is 11.8 Å². The monoisotopic (exact) mass is 777 g/mol. The third-order valence-corrected chi connectivity index (χ3v) is 13.2. The number of carboxylic acid groups (broad SMARTS) is 1. The minimum atomic E-state index is -1.06. The van der Waals surface area contributed by atoms with Crippen molar-refractivity contribution >= 4 is 23.3 Å². The smallest absolute Gasteiger partial charge is 0.329 e. The molecule has 7 nitrogen and oxygen atoms in total. The van der Waals surface area contributed by atoms with Gasteiger partial charge in [0.05, 0.1) is 6.61 Å². The number of anilines is 1. The topological polar surface area (TPSA) is 92.7 Å². The summed E-state index contributed by atoms with van der Waals surface area (Å²) >= 11 is 6.32. The third kappa shape index (κ3) is 9.21. The molecule has 1 fully saturated rings. The zero-order valence-corrected chi connectivity index (χ0v) is 34.3. The van der Waals surface area contributed by atoms with E-state index in [4.69, 9.17) is 21.1 Å². The highest BCUT2D eigenvalue weighted by molar-refractivity contribution is 6.30. The number of unbranched alkanes of at least 4 members (excludes halogenated alkanes) is 1. The highest BCUT2D eigenvalue weighted by atomic mass is 35.5. The summed E-state index contributed by atoms with van der Waals surface area (Å²) in [7, 11) is 0. The first-order valence-electron chi connectivity index (χ1n) is 21.1. The Balaban J connectivity index is 1.04. The first kappa shape index (κ1) is 40.1. The minimum Gasteiger partial charge on any atom is -0.493 e. The number of aliphatic carboxylic acids is 1. The fraction of sp³-hybridized carbons (Fsp3) is 0.500. The largest absolute Gasteiger partial charge is 0.493 e. The van der Waals surface area contributed by atoms with Crippen LogP contribution in [0.4, 0.5) is 5.69 Å². The molecule has 0 amide bonds. The van der Waals surface area contributed by atoms with Crippen LogP contribution in [0, 0.1) is 11.8 Å². The second kappa shape index (κ2) is 18.0. The Morgan fingerprint density at radius 2 is 1.82 bits per heavy atom. The van der Waals surface area contributed by atoms with E-state index < -0.39 is 11.5 Å². The zero-order valence-electron chi connectivity index (χ0n) is 33.5. The number of hydrogen-bond donors (Lipinski definition) is 3. The summed E-state index contributed by atoms with van der Waals surface area (Å²) in [5.74, 6) is 2.22. The van der Waals surface area contributed by atoms with E-state index in [9.17, 15) is 9.90 Å². The molecular weight excluding hydrogens is 718 g/mol. The molecule has 0 radical (unpaired) electrons. The van der Waals surface area contributed by atoms with Crippen LogP contribution >= 0.6 is 11.6 Å². The predicted octanol–water partition coefficient (Wildman–Crippen LogP) is 10.6. The molecule has 1 heterocycles. The maximum absolute atomic E-state index is 13.1. The van der Waals surface area contributed by atoms with Gasteiger partial charge in [0, 0.05) is 34.7 Å². The van der Waals surface area contributed by atoms with Crippen LogP contribution in [-0.2, 0) is 29.5 Å². The number of nitrogens with one attached hydrogen (secondary N) is 2. The molecule has 1 spiro atoms. The van der Waals surface area contributed by atoms with Gasteiger partial charge in [-0.15, -0.1) is 0 Å². The van der Waals surface area contributed by atoms with E-state index in [1.165, 1.54) is 40.8 Å². The Bertz CT molecular complexity index is 1930. The van der Waals surface area contributed by atoms with E-state index in [-0.39, 0.29) is 11.5 Å². The predicted molar refractivity (Wildman–Crippen MR) is 226 cm³/mol. The maximum atomic E-state index is 13.1. The first-order chi connectivity index (χ1) is 27.1. The lowest BCUT2D eigenvalue weighted by Crippen LogP contribution is -2.53. The van der Waals surface area contributed by atoms with E-state index in [1.54, 1.807) is 0 Å². The van der Waals surface area contributed by atoms with Crippen molar-refractivity contribution in [3.63, 3.8) is 0 Å². The number of carbonyl (C=O) groups is 1.